The van der Waals surface area contributed by atoms with E-state index in [1.807, 2.05) is 24.3 Å². The number of ether oxygens (including phenoxy) is 1. The summed E-state index contributed by atoms with van der Waals surface area (Å²) in [4.78, 5) is 19.2. The van der Waals surface area contributed by atoms with Crippen molar-refractivity contribution in [2.24, 2.45) is 5.73 Å². The molecule has 3 N–H and O–H groups in total. The Kier molecular flexibility index (Phi) is 4.71. The average molecular weight is 286 g/mol. The van der Waals surface area contributed by atoms with Gasteiger partial charge in [-0.1, -0.05) is 19.1 Å². The van der Waals surface area contributed by atoms with Gasteiger partial charge in [-0.15, -0.1) is 0 Å². The average Bonchev–Trinajstić information content (AvgIpc) is 2.53. The molecule has 0 radical (unpaired) electrons. The third-order valence-electron chi connectivity index (χ3n) is 3.14. The maximum atomic E-state index is 11.1. The third kappa shape index (κ3) is 3.68. The second-order valence-electron chi connectivity index (χ2n) is 4.53. The van der Waals surface area contributed by atoms with Crippen LogP contribution >= 0.6 is 0 Å². The number of amides is 1. The fourth-order valence-corrected chi connectivity index (χ4v) is 1.99. The minimum atomic E-state index is -0.594. The first-order valence-corrected chi connectivity index (χ1v) is 6.66. The molecule has 1 atom stereocenters. The minimum absolute atomic E-state index is 0.0633. The maximum absolute atomic E-state index is 11.1. The van der Waals surface area contributed by atoms with Crippen LogP contribution in [0.4, 0.5) is 5.82 Å². The normalized spacial score (nSPS) is 11.7. The Balaban J connectivity index is 2.18. The van der Waals surface area contributed by atoms with E-state index < -0.39 is 5.91 Å². The number of carbonyl (C=O) groups excluding carboxylic acids is 1. The molecule has 21 heavy (non-hydrogen) atoms. The van der Waals surface area contributed by atoms with Gasteiger partial charge in [0, 0.05) is 0 Å². The Labute approximate surface area is 123 Å². The summed E-state index contributed by atoms with van der Waals surface area (Å²) in [5.74, 6) is 0.738. The number of hydrogen-bond donors (Lipinski definition) is 2. The molecule has 2 rings (SSSR count). The van der Waals surface area contributed by atoms with Gasteiger partial charge in [0.05, 0.1) is 25.5 Å². The monoisotopic (exact) mass is 286 g/mol. The number of hydrogen-bond acceptors (Lipinski definition) is 5. The topological polar surface area (TPSA) is 90.1 Å². The predicted molar refractivity (Wildman–Crippen MR) is 80.2 cm³/mol. The van der Waals surface area contributed by atoms with E-state index in [0.717, 1.165) is 17.7 Å². The van der Waals surface area contributed by atoms with Crippen LogP contribution in [0.5, 0.6) is 5.75 Å². The Bertz CT molecular complexity index is 613. The second kappa shape index (κ2) is 6.69. The zero-order valence-corrected chi connectivity index (χ0v) is 12.0. The van der Waals surface area contributed by atoms with Gasteiger partial charge in [-0.2, -0.15) is 0 Å². The van der Waals surface area contributed by atoms with Gasteiger partial charge in [0.2, 0.25) is 0 Å². The van der Waals surface area contributed by atoms with E-state index >= 15 is 0 Å². The number of nitrogens with one attached hydrogen (secondary N) is 1. The van der Waals surface area contributed by atoms with E-state index in [0.29, 0.717) is 5.82 Å². The van der Waals surface area contributed by atoms with Crippen LogP contribution in [0.1, 0.15) is 35.4 Å². The number of rotatable bonds is 6. The van der Waals surface area contributed by atoms with Gasteiger partial charge in [0.1, 0.15) is 17.3 Å². The van der Waals surface area contributed by atoms with Crippen molar-refractivity contribution in [3.8, 4) is 5.75 Å². The van der Waals surface area contributed by atoms with E-state index in [1.54, 1.807) is 13.3 Å². The highest BCUT2D eigenvalue weighted by molar-refractivity contribution is 5.90. The molecule has 1 unspecified atom stereocenters. The molecule has 0 saturated carbocycles. The highest BCUT2D eigenvalue weighted by Gasteiger charge is 2.11. The van der Waals surface area contributed by atoms with Crippen molar-refractivity contribution in [3.05, 3.63) is 47.9 Å². The van der Waals surface area contributed by atoms with Crippen molar-refractivity contribution in [1.82, 2.24) is 9.97 Å². The summed E-state index contributed by atoms with van der Waals surface area (Å²) in [5, 5.41) is 3.26. The van der Waals surface area contributed by atoms with Gasteiger partial charge >= 0.3 is 0 Å². The van der Waals surface area contributed by atoms with Gasteiger partial charge in [0.15, 0.2) is 0 Å². The highest BCUT2D eigenvalue weighted by Crippen LogP contribution is 2.23. The van der Waals surface area contributed by atoms with Gasteiger partial charge in [-0.25, -0.2) is 4.98 Å². The molecular weight excluding hydrogens is 268 g/mol. The number of primary amides is 1. The van der Waals surface area contributed by atoms with E-state index in [9.17, 15) is 4.79 Å². The number of nitrogens with zero attached hydrogens (tertiary/aromatic N) is 2. The van der Waals surface area contributed by atoms with Crippen molar-refractivity contribution in [2.45, 2.75) is 19.4 Å². The summed E-state index contributed by atoms with van der Waals surface area (Å²) < 4.78 is 5.15. The van der Waals surface area contributed by atoms with Gasteiger partial charge in [-0.05, 0) is 24.1 Å². The predicted octanol–water partition coefficient (Wildman–Crippen LogP) is 2.15. The lowest BCUT2D eigenvalue weighted by Gasteiger charge is -2.18. The van der Waals surface area contributed by atoms with Crippen molar-refractivity contribution < 1.29 is 9.53 Å². The number of benzene rings is 1. The van der Waals surface area contributed by atoms with Crippen molar-refractivity contribution >= 4 is 11.7 Å². The van der Waals surface area contributed by atoms with Crippen LogP contribution in [0.2, 0.25) is 0 Å². The van der Waals surface area contributed by atoms with Crippen LogP contribution in [0.3, 0.4) is 0 Å². The second-order valence-corrected chi connectivity index (χ2v) is 4.53. The molecule has 0 aliphatic heterocycles. The maximum Gasteiger partial charge on any atom is 0.268 e. The van der Waals surface area contributed by atoms with E-state index in [1.165, 1.54) is 6.20 Å². The smallest absolute Gasteiger partial charge is 0.268 e. The molecule has 1 aromatic heterocycles. The zero-order chi connectivity index (χ0) is 15.2. The number of methoxy groups -OCH3 is 1. The van der Waals surface area contributed by atoms with E-state index in [2.05, 4.69) is 22.2 Å². The minimum Gasteiger partial charge on any atom is -0.497 e. The molecule has 1 amide bonds. The lowest BCUT2D eigenvalue weighted by molar-refractivity contribution is 0.0995. The van der Waals surface area contributed by atoms with Crippen molar-refractivity contribution in [3.63, 3.8) is 0 Å². The number of aromatic nitrogens is 2. The van der Waals surface area contributed by atoms with E-state index in [-0.39, 0.29) is 11.7 Å². The number of anilines is 1. The molecule has 6 nitrogen and oxygen atoms in total. The Morgan fingerprint density at radius 3 is 2.62 bits per heavy atom. The number of carbonyl (C=O) groups is 1. The molecule has 0 aliphatic carbocycles. The third-order valence-corrected chi connectivity index (χ3v) is 3.14. The molecule has 0 bridgehead atoms. The molecular formula is C15H18N4O2. The van der Waals surface area contributed by atoms with Gasteiger partial charge < -0.3 is 15.8 Å². The van der Waals surface area contributed by atoms with Gasteiger partial charge in [-0.3, -0.25) is 9.78 Å². The summed E-state index contributed by atoms with van der Waals surface area (Å²) in [6.45, 7) is 2.06. The molecule has 1 heterocycles. The lowest BCUT2D eigenvalue weighted by atomic mass is 10.0. The Morgan fingerprint density at radius 1 is 1.33 bits per heavy atom. The van der Waals surface area contributed by atoms with Crippen molar-refractivity contribution in [1.29, 1.82) is 0 Å². The first kappa shape index (κ1) is 14.8. The summed E-state index contributed by atoms with van der Waals surface area (Å²) in [5.41, 5.74) is 6.45. The fraction of sp³-hybridized carbons (Fsp3) is 0.267. The molecule has 0 aliphatic rings. The van der Waals surface area contributed by atoms with E-state index in [4.69, 9.17) is 10.5 Å². The Hall–Kier alpha value is -2.63. The first-order chi connectivity index (χ1) is 10.1. The lowest BCUT2D eigenvalue weighted by Crippen LogP contribution is -2.16. The van der Waals surface area contributed by atoms with Crippen LogP contribution in [0.15, 0.2) is 36.7 Å². The van der Waals surface area contributed by atoms with Crippen molar-refractivity contribution in [2.75, 3.05) is 12.4 Å². The molecule has 0 saturated heterocycles. The fourth-order valence-electron chi connectivity index (χ4n) is 1.99. The summed E-state index contributed by atoms with van der Waals surface area (Å²) in [7, 11) is 1.63. The molecule has 0 spiro atoms. The largest absolute Gasteiger partial charge is 0.497 e. The number of nitrogens with two attached hydrogens (primary N) is 1. The highest BCUT2D eigenvalue weighted by atomic mass is 16.5. The molecule has 0 fully saturated rings. The SMILES string of the molecule is CCC(Nc1cncc(C(N)=O)n1)c1ccc(OC)cc1. The summed E-state index contributed by atoms with van der Waals surface area (Å²) in [6, 6.07) is 7.86. The summed E-state index contributed by atoms with van der Waals surface area (Å²) in [6.07, 6.45) is 3.77. The van der Waals surface area contributed by atoms with Crippen LogP contribution in [0.25, 0.3) is 0 Å². The molecule has 2 aromatic rings. The zero-order valence-electron chi connectivity index (χ0n) is 12.0. The van der Waals surface area contributed by atoms with Crippen LogP contribution in [-0.2, 0) is 0 Å². The quantitative estimate of drug-likeness (QED) is 0.849. The van der Waals surface area contributed by atoms with Crippen LogP contribution < -0.4 is 15.8 Å². The summed E-state index contributed by atoms with van der Waals surface area (Å²) >= 11 is 0. The Morgan fingerprint density at radius 2 is 2.05 bits per heavy atom. The molecule has 110 valence electrons. The first-order valence-electron chi connectivity index (χ1n) is 6.66. The van der Waals surface area contributed by atoms with Gasteiger partial charge in [0.25, 0.3) is 5.91 Å². The molecule has 6 heteroatoms. The van der Waals surface area contributed by atoms with Crippen LogP contribution in [-0.4, -0.2) is 23.0 Å². The standard InChI is InChI=1S/C15H18N4O2/c1-3-12(10-4-6-11(21-2)7-5-10)18-14-9-17-8-13(19-14)15(16)20/h4-9,12H,3H2,1-2H3,(H2,16,20)(H,18,19). The van der Waals surface area contributed by atoms with Crippen LogP contribution in [0, 0.1) is 0 Å². The molecule has 1 aromatic carbocycles.